The van der Waals surface area contributed by atoms with Crippen LogP contribution in [0.25, 0.3) is 0 Å². The van der Waals surface area contributed by atoms with E-state index >= 15 is 0 Å². The number of nitrogen functional groups attached to an aromatic ring is 1. The van der Waals surface area contributed by atoms with E-state index in [1.54, 1.807) is 13.1 Å². The highest BCUT2D eigenvalue weighted by atomic mass is 35.5. The van der Waals surface area contributed by atoms with E-state index in [2.05, 4.69) is 5.10 Å². The van der Waals surface area contributed by atoms with E-state index in [9.17, 15) is 4.79 Å². The van der Waals surface area contributed by atoms with Crippen molar-refractivity contribution in [2.75, 3.05) is 5.73 Å². The predicted octanol–water partition coefficient (Wildman–Crippen LogP) is 2.14. The quantitative estimate of drug-likeness (QED) is 0.855. The fourth-order valence-electron chi connectivity index (χ4n) is 1.36. The van der Waals surface area contributed by atoms with Crippen molar-refractivity contribution < 1.29 is 4.79 Å². The van der Waals surface area contributed by atoms with E-state index in [1.807, 2.05) is 6.07 Å². The fraction of sp³-hybridized carbons (Fsp3) is 0.200. The molecule has 2 aromatic heterocycles. The molecule has 6 heteroatoms. The van der Waals surface area contributed by atoms with E-state index in [-0.39, 0.29) is 5.78 Å². The average Bonchev–Trinajstić information content (AvgIpc) is 2.76. The number of Topliss-reactive ketones (excluding diaryl/α,β-unsaturated/α-hetero) is 1. The van der Waals surface area contributed by atoms with Gasteiger partial charge in [0.15, 0.2) is 5.78 Å². The molecule has 0 aliphatic heterocycles. The maximum absolute atomic E-state index is 11.9. The molecule has 0 aliphatic rings. The van der Waals surface area contributed by atoms with Crippen LogP contribution in [0.5, 0.6) is 0 Å². The Labute approximate surface area is 102 Å². The summed E-state index contributed by atoms with van der Waals surface area (Å²) in [6.07, 6.45) is 1.81. The summed E-state index contributed by atoms with van der Waals surface area (Å²) in [5.74, 6) is 0.358. The fourth-order valence-corrected chi connectivity index (χ4v) is 2.45. The molecule has 0 saturated carbocycles. The van der Waals surface area contributed by atoms with Gasteiger partial charge in [-0.25, -0.2) is 0 Å². The first-order valence-electron chi connectivity index (χ1n) is 4.63. The maximum Gasteiger partial charge on any atom is 0.173 e. The Hall–Kier alpha value is -1.33. The summed E-state index contributed by atoms with van der Waals surface area (Å²) >= 11 is 7.19. The minimum atomic E-state index is -0.0379. The summed E-state index contributed by atoms with van der Waals surface area (Å²) in [5.41, 5.74) is 6.18. The molecule has 2 rings (SSSR count). The summed E-state index contributed by atoms with van der Waals surface area (Å²) in [7, 11) is 1.70. The van der Waals surface area contributed by atoms with Crippen LogP contribution in [0.2, 0.25) is 4.34 Å². The molecule has 2 heterocycles. The average molecular weight is 256 g/mol. The zero-order chi connectivity index (χ0) is 11.7. The number of ketones is 1. The Morgan fingerprint density at radius 1 is 1.62 bits per heavy atom. The number of anilines is 1. The number of thiophene rings is 1. The first-order chi connectivity index (χ1) is 7.58. The molecule has 2 N–H and O–H groups in total. The van der Waals surface area contributed by atoms with Crippen LogP contribution in [0, 0.1) is 0 Å². The van der Waals surface area contributed by atoms with Crippen LogP contribution in [0.15, 0.2) is 18.3 Å². The summed E-state index contributed by atoms with van der Waals surface area (Å²) < 4.78 is 2.16. The van der Waals surface area contributed by atoms with Crippen molar-refractivity contribution in [2.45, 2.75) is 6.42 Å². The lowest BCUT2D eigenvalue weighted by Crippen LogP contribution is -2.06. The van der Waals surface area contributed by atoms with Gasteiger partial charge in [-0.15, -0.1) is 11.3 Å². The van der Waals surface area contributed by atoms with E-state index in [0.29, 0.717) is 22.1 Å². The molecule has 4 nitrogen and oxygen atoms in total. The lowest BCUT2D eigenvalue weighted by atomic mass is 10.1. The van der Waals surface area contributed by atoms with Crippen LogP contribution in [0.3, 0.4) is 0 Å². The lowest BCUT2D eigenvalue weighted by Gasteiger charge is -1.98. The molecule has 16 heavy (non-hydrogen) atoms. The monoisotopic (exact) mass is 255 g/mol. The number of aryl methyl sites for hydroxylation is 1. The number of carbonyl (C=O) groups is 1. The number of nitrogens with two attached hydrogens (primary N) is 1. The highest BCUT2D eigenvalue weighted by molar-refractivity contribution is 7.16. The van der Waals surface area contributed by atoms with Crippen molar-refractivity contribution >= 4 is 34.5 Å². The number of halogens is 1. The Balaban J connectivity index is 2.18. The van der Waals surface area contributed by atoms with E-state index in [4.69, 9.17) is 17.3 Å². The second-order valence-corrected chi connectivity index (χ2v) is 5.17. The molecule has 84 valence electrons. The molecule has 0 bridgehead atoms. The molecule has 0 fully saturated rings. The van der Waals surface area contributed by atoms with Gasteiger partial charge in [-0.05, 0) is 12.1 Å². The SMILES string of the molecule is Cn1ncc(C(=O)Cc2ccc(Cl)s2)c1N. The molecule has 0 unspecified atom stereocenters. The molecule has 0 aliphatic carbocycles. The first-order valence-corrected chi connectivity index (χ1v) is 5.82. The summed E-state index contributed by atoms with van der Waals surface area (Å²) in [6.45, 7) is 0. The number of rotatable bonds is 3. The molecule has 0 aromatic carbocycles. The molecule has 0 spiro atoms. The topological polar surface area (TPSA) is 60.9 Å². The number of carbonyl (C=O) groups excluding carboxylic acids is 1. The van der Waals surface area contributed by atoms with Crippen LogP contribution >= 0.6 is 22.9 Å². The van der Waals surface area contributed by atoms with Gasteiger partial charge in [0, 0.05) is 18.3 Å². The number of aromatic nitrogens is 2. The van der Waals surface area contributed by atoms with Gasteiger partial charge in [0.1, 0.15) is 5.82 Å². The van der Waals surface area contributed by atoms with Crippen molar-refractivity contribution in [1.29, 1.82) is 0 Å². The molecular formula is C10H10ClN3OS. The second kappa shape index (κ2) is 4.27. The molecule has 0 amide bonds. The Morgan fingerprint density at radius 3 is 2.88 bits per heavy atom. The molecule has 0 saturated heterocycles. The Kier molecular flexibility index (Phi) is 2.98. The highest BCUT2D eigenvalue weighted by Crippen LogP contribution is 2.23. The smallest absolute Gasteiger partial charge is 0.173 e. The normalized spacial score (nSPS) is 10.6. The number of nitrogens with zero attached hydrogens (tertiary/aromatic N) is 2. The summed E-state index contributed by atoms with van der Waals surface area (Å²) in [5, 5.41) is 3.93. The van der Waals surface area contributed by atoms with Crippen molar-refractivity contribution in [3.8, 4) is 0 Å². The third kappa shape index (κ3) is 2.10. The standard InChI is InChI=1S/C10H10ClN3OS/c1-14-10(12)7(5-13-14)8(15)4-6-2-3-9(11)16-6/h2-3,5H,4,12H2,1H3. The zero-order valence-corrected chi connectivity index (χ0v) is 10.2. The zero-order valence-electron chi connectivity index (χ0n) is 8.61. The van der Waals surface area contributed by atoms with Crippen LogP contribution in [0.1, 0.15) is 15.2 Å². The molecular weight excluding hydrogens is 246 g/mol. The minimum Gasteiger partial charge on any atom is -0.383 e. The predicted molar refractivity (Wildman–Crippen MR) is 65.0 cm³/mol. The largest absolute Gasteiger partial charge is 0.383 e. The van der Waals surface area contributed by atoms with Gasteiger partial charge < -0.3 is 5.73 Å². The van der Waals surface area contributed by atoms with E-state index < -0.39 is 0 Å². The van der Waals surface area contributed by atoms with Gasteiger partial charge in [0.05, 0.1) is 16.1 Å². The van der Waals surface area contributed by atoms with Gasteiger partial charge in [0.25, 0.3) is 0 Å². The van der Waals surface area contributed by atoms with Gasteiger partial charge in [-0.1, -0.05) is 11.6 Å². The van der Waals surface area contributed by atoms with Gasteiger partial charge in [-0.3, -0.25) is 9.48 Å². The lowest BCUT2D eigenvalue weighted by molar-refractivity contribution is 0.0994. The van der Waals surface area contributed by atoms with E-state index in [1.165, 1.54) is 22.2 Å². The Bertz CT molecular complexity index is 532. The molecule has 2 aromatic rings. The third-order valence-electron chi connectivity index (χ3n) is 2.25. The maximum atomic E-state index is 11.9. The van der Waals surface area contributed by atoms with Crippen LogP contribution < -0.4 is 5.73 Å². The van der Waals surface area contributed by atoms with Crippen LogP contribution in [-0.2, 0) is 13.5 Å². The summed E-state index contributed by atoms with van der Waals surface area (Å²) in [6, 6.07) is 3.62. The second-order valence-electron chi connectivity index (χ2n) is 3.37. The minimum absolute atomic E-state index is 0.0379. The number of hydrogen-bond donors (Lipinski definition) is 1. The van der Waals surface area contributed by atoms with Crippen LogP contribution in [-0.4, -0.2) is 15.6 Å². The van der Waals surface area contributed by atoms with Gasteiger partial charge in [0.2, 0.25) is 0 Å². The van der Waals surface area contributed by atoms with Gasteiger partial charge in [-0.2, -0.15) is 5.10 Å². The molecule has 0 radical (unpaired) electrons. The first kappa shape index (κ1) is 11.2. The van der Waals surface area contributed by atoms with Gasteiger partial charge >= 0.3 is 0 Å². The van der Waals surface area contributed by atoms with Crippen molar-refractivity contribution in [3.63, 3.8) is 0 Å². The Morgan fingerprint density at radius 2 is 2.38 bits per heavy atom. The number of hydrogen-bond acceptors (Lipinski definition) is 4. The summed E-state index contributed by atoms with van der Waals surface area (Å²) in [4.78, 5) is 12.8. The van der Waals surface area contributed by atoms with E-state index in [0.717, 1.165) is 4.88 Å². The third-order valence-corrected chi connectivity index (χ3v) is 3.48. The van der Waals surface area contributed by atoms with Crippen LogP contribution in [0.4, 0.5) is 5.82 Å². The highest BCUT2D eigenvalue weighted by Gasteiger charge is 2.14. The van der Waals surface area contributed by atoms with Crippen molar-refractivity contribution in [3.05, 3.63) is 33.1 Å². The molecule has 0 atom stereocenters. The van der Waals surface area contributed by atoms with Crippen molar-refractivity contribution in [1.82, 2.24) is 9.78 Å². The van der Waals surface area contributed by atoms with Crippen molar-refractivity contribution in [2.24, 2.45) is 7.05 Å².